The van der Waals surface area contributed by atoms with Gasteiger partial charge in [0.1, 0.15) is 0 Å². The van der Waals surface area contributed by atoms with E-state index in [1.165, 1.54) is 16.7 Å². The zero-order chi connectivity index (χ0) is 17.7. The molecule has 6 nitrogen and oxygen atoms in total. The van der Waals surface area contributed by atoms with E-state index in [2.05, 4.69) is 5.32 Å². The molecule has 0 aliphatic carbocycles. The predicted molar refractivity (Wildman–Crippen MR) is 95.1 cm³/mol. The quantitative estimate of drug-likeness (QED) is 0.845. The number of hydrogen-bond donors (Lipinski definition) is 1. The van der Waals surface area contributed by atoms with Crippen LogP contribution in [-0.2, 0) is 14.4 Å². The predicted octanol–water partition coefficient (Wildman–Crippen LogP) is 1.50. The maximum absolute atomic E-state index is 12.2. The van der Waals surface area contributed by atoms with Crippen molar-refractivity contribution in [2.45, 2.75) is 31.2 Å². The summed E-state index contributed by atoms with van der Waals surface area (Å²) < 4.78 is 0. The SMILES string of the molecule is CC(C)NC(=O)CN(C)C(=O)CCN1C(=O)CSc2ccccc21. The average Bonchev–Trinajstić information content (AvgIpc) is 2.52. The smallest absolute Gasteiger partial charge is 0.239 e. The van der Waals surface area contributed by atoms with Crippen LogP contribution in [0.25, 0.3) is 0 Å². The fourth-order valence-corrected chi connectivity index (χ4v) is 3.40. The number of carbonyl (C=O) groups is 3. The second-order valence-electron chi connectivity index (χ2n) is 6.02. The van der Waals surface area contributed by atoms with Crippen molar-refractivity contribution in [2.24, 2.45) is 0 Å². The molecule has 1 aromatic carbocycles. The van der Waals surface area contributed by atoms with E-state index in [4.69, 9.17) is 0 Å². The number of nitrogens with zero attached hydrogens (tertiary/aromatic N) is 2. The van der Waals surface area contributed by atoms with Gasteiger partial charge in [0, 0.05) is 31.0 Å². The highest BCUT2D eigenvalue weighted by Crippen LogP contribution is 2.34. The minimum absolute atomic E-state index is 0.00621. The van der Waals surface area contributed by atoms with E-state index in [0.29, 0.717) is 12.3 Å². The maximum Gasteiger partial charge on any atom is 0.239 e. The van der Waals surface area contributed by atoms with Gasteiger partial charge in [0.15, 0.2) is 0 Å². The van der Waals surface area contributed by atoms with E-state index in [9.17, 15) is 14.4 Å². The van der Waals surface area contributed by atoms with Crippen molar-refractivity contribution in [3.63, 3.8) is 0 Å². The molecule has 1 aromatic rings. The van der Waals surface area contributed by atoms with Gasteiger partial charge in [0.05, 0.1) is 18.0 Å². The second kappa shape index (κ2) is 8.19. The zero-order valence-electron chi connectivity index (χ0n) is 14.2. The highest BCUT2D eigenvalue weighted by molar-refractivity contribution is 8.00. The van der Waals surface area contributed by atoms with Crippen molar-refractivity contribution in [3.05, 3.63) is 24.3 Å². The number of rotatable bonds is 6. The van der Waals surface area contributed by atoms with Gasteiger partial charge in [-0.2, -0.15) is 0 Å². The molecule has 0 fully saturated rings. The number of para-hydroxylation sites is 1. The highest BCUT2D eigenvalue weighted by atomic mass is 32.2. The molecule has 1 aliphatic rings. The molecule has 0 unspecified atom stereocenters. The molecule has 0 atom stereocenters. The van der Waals surface area contributed by atoms with Crippen LogP contribution in [0.2, 0.25) is 0 Å². The summed E-state index contributed by atoms with van der Waals surface area (Å²) in [6, 6.07) is 7.73. The number of likely N-dealkylation sites (N-methyl/N-ethyl adjacent to an activating group) is 1. The molecule has 7 heteroatoms. The Balaban J connectivity index is 1.92. The lowest BCUT2D eigenvalue weighted by atomic mass is 10.2. The van der Waals surface area contributed by atoms with Crippen molar-refractivity contribution in [1.29, 1.82) is 0 Å². The monoisotopic (exact) mass is 349 g/mol. The third-order valence-electron chi connectivity index (χ3n) is 3.61. The molecule has 0 aromatic heterocycles. The standard InChI is InChI=1S/C17H23N3O3S/c1-12(2)18-15(21)10-19(3)16(22)8-9-20-13-6-4-5-7-14(13)24-11-17(20)23/h4-7,12H,8-11H2,1-3H3,(H,18,21). The third kappa shape index (κ3) is 4.74. The van der Waals surface area contributed by atoms with E-state index in [-0.39, 0.29) is 36.7 Å². The number of amides is 3. The average molecular weight is 349 g/mol. The van der Waals surface area contributed by atoms with Gasteiger partial charge < -0.3 is 15.1 Å². The first-order valence-corrected chi connectivity index (χ1v) is 8.92. The number of fused-ring (bicyclic) bond motifs is 1. The molecule has 1 N–H and O–H groups in total. The van der Waals surface area contributed by atoms with Gasteiger partial charge >= 0.3 is 0 Å². The first-order valence-electron chi connectivity index (χ1n) is 7.94. The van der Waals surface area contributed by atoms with E-state index in [1.807, 2.05) is 38.1 Å². The third-order valence-corrected chi connectivity index (χ3v) is 4.66. The fraction of sp³-hybridized carbons (Fsp3) is 0.471. The van der Waals surface area contributed by atoms with Crippen LogP contribution in [0.3, 0.4) is 0 Å². The van der Waals surface area contributed by atoms with Crippen molar-refractivity contribution < 1.29 is 14.4 Å². The van der Waals surface area contributed by atoms with E-state index in [0.717, 1.165) is 10.6 Å². The van der Waals surface area contributed by atoms with Crippen LogP contribution >= 0.6 is 11.8 Å². The first-order chi connectivity index (χ1) is 11.4. The van der Waals surface area contributed by atoms with Gasteiger partial charge in [-0.25, -0.2) is 0 Å². The number of carbonyl (C=O) groups excluding carboxylic acids is 3. The Morgan fingerprint density at radius 1 is 1.33 bits per heavy atom. The van der Waals surface area contributed by atoms with Crippen molar-refractivity contribution >= 4 is 35.2 Å². The first kappa shape index (κ1) is 18.3. The minimum Gasteiger partial charge on any atom is -0.352 e. The molecule has 1 heterocycles. The van der Waals surface area contributed by atoms with Crippen LogP contribution in [0.5, 0.6) is 0 Å². The highest BCUT2D eigenvalue weighted by Gasteiger charge is 2.25. The summed E-state index contributed by atoms with van der Waals surface area (Å²) >= 11 is 1.52. The van der Waals surface area contributed by atoms with Gasteiger partial charge in [-0.05, 0) is 26.0 Å². The summed E-state index contributed by atoms with van der Waals surface area (Å²) in [7, 11) is 1.60. The lowest BCUT2D eigenvalue weighted by Gasteiger charge is -2.29. The van der Waals surface area contributed by atoms with Crippen LogP contribution < -0.4 is 10.2 Å². The molecule has 0 bridgehead atoms. The lowest BCUT2D eigenvalue weighted by Crippen LogP contribution is -2.42. The van der Waals surface area contributed by atoms with Crippen LogP contribution in [0.4, 0.5) is 5.69 Å². The molecular formula is C17H23N3O3S. The van der Waals surface area contributed by atoms with Crippen LogP contribution in [0.1, 0.15) is 20.3 Å². The molecule has 0 saturated heterocycles. The minimum atomic E-state index is -0.184. The Bertz CT molecular complexity index is 633. The van der Waals surface area contributed by atoms with E-state index in [1.54, 1.807) is 11.9 Å². The Morgan fingerprint density at radius 3 is 2.75 bits per heavy atom. The number of nitrogens with one attached hydrogen (secondary N) is 1. The molecule has 130 valence electrons. The molecule has 3 amide bonds. The van der Waals surface area contributed by atoms with Gasteiger partial charge in [-0.15, -0.1) is 11.8 Å². The summed E-state index contributed by atoms with van der Waals surface area (Å²) in [5.41, 5.74) is 0.853. The van der Waals surface area contributed by atoms with Crippen molar-refractivity contribution in [3.8, 4) is 0 Å². The second-order valence-corrected chi connectivity index (χ2v) is 7.04. The topological polar surface area (TPSA) is 69.7 Å². The van der Waals surface area contributed by atoms with Crippen molar-refractivity contribution in [2.75, 3.05) is 30.8 Å². The Hall–Kier alpha value is -2.02. The van der Waals surface area contributed by atoms with E-state index >= 15 is 0 Å². The normalized spacial score (nSPS) is 13.7. The number of anilines is 1. The molecule has 0 spiro atoms. The van der Waals surface area contributed by atoms with Crippen LogP contribution in [0.15, 0.2) is 29.2 Å². The largest absolute Gasteiger partial charge is 0.352 e. The molecule has 0 saturated carbocycles. The number of thioether (sulfide) groups is 1. The number of hydrogen-bond acceptors (Lipinski definition) is 4. The fourth-order valence-electron chi connectivity index (χ4n) is 2.47. The molecule has 0 radical (unpaired) electrons. The summed E-state index contributed by atoms with van der Waals surface area (Å²) in [6.07, 6.45) is 0.191. The Kier molecular flexibility index (Phi) is 6.25. The lowest BCUT2D eigenvalue weighted by molar-refractivity contribution is -0.134. The molecule has 24 heavy (non-hydrogen) atoms. The summed E-state index contributed by atoms with van der Waals surface area (Å²) in [4.78, 5) is 40.2. The molecule has 2 rings (SSSR count). The number of benzene rings is 1. The van der Waals surface area contributed by atoms with E-state index < -0.39 is 0 Å². The maximum atomic E-state index is 12.2. The van der Waals surface area contributed by atoms with Crippen LogP contribution in [-0.4, -0.2) is 54.6 Å². The Morgan fingerprint density at radius 2 is 2.04 bits per heavy atom. The van der Waals surface area contributed by atoms with Gasteiger partial charge in [-0.1, -0.05) is 12.1 Å². The van der Waals surface area contributed by atoms with Crippen molar-refractivity contribution in [1.82, 2.24) is 10.2 Å². The summed E-state index contributed by atoms with van der Waals surface area (Å²) in [5, 5.41) is 2.75. The van der Waals surface area contributed by atoms with Gasteiger partial charge in [-0.3, -0.25) is 14.4 Å². The molecule has 1 aliphatic heterocycles. The summed E-state index contributed by atoms with van der Waals surface area (Å²) in [5.74, 6) is 0.0541. The van der Waals surface area contributed by atoms with Crippen LogP contribution in [0, 0.1) is 0 Å². The van der Waals surface area contributed by atoms with Gasteiger partial charge in [0.2, 0.25) is 17.7 Å². The zero-order valence-corrected chi connectivity index (χ0v) is 15.1. The Labute approximate surface area is 146 Å². The summed E-state index contributed by atoms with van der Waals surface area (Å²) in [6.45, 7) is 4.09. The van der Waals surface area contributed by atoms with Gasteiger partial charge in [0.25, 0.3) is 0 Å². The molecular weight excluding hydrogens is 326 g/mol.